The fraction of sp³-hybridized carbons (Fsp3) is 0.211. The number of hydrogen-bond acceptors (Lipinski definition) is 4. The van der Waals surface area contributed by atoms with Gasteiger partial charge in [-0.3, -0.25) is 9.59 Å². The molecule has 0 saturated carbocycles. The van der Waals surface area contributed by atoms with E-state index in [0.717, 1.165) is 22.3 Å². The summed E-state index contributed by atoms with van der Waals surface area (Å²) in [6.45, 7) is -0.0138. The second kappa shape index (κ2) is 7.35. The van der Waals surface area contributed by atoms with Gasteiger partial charge in [-0.05, 0) is 22.3 Å². The molecule has 2 aromatic rings. The first-order valence-electron chi connectivity index (χ1n) is 8.00. The molecule has 26 heavy (non-hydrogen) atoms. The van der Waals surface area contributed by atoms with Gasteiger partial charge in [0.1, 0.15) is 12.6 Å². The van der Waals surface area contributed by atoms with E-state index in [1.54, 1.807) is 0 Å². The van der Waals surface area contributed by atoms with Gasteiger partial charge in [-0.2, -0.15) is 4.39 Å². The highest BCUT2D eigenvalue weighted by Gasteiger charge is 2.30. The second-order valence-corrected chi connectivity index (χ2v) is 5.92. The normalized spacial score (nSPS) is 13.4. The van der Waals surface area contributed by atoms with Crippen LogP contribution in [0.2, 0.25) is 0 Å². The predicted molar refractivity (Wildman–Crippen MR) is 90.4 cm³/mol. The van der Waals surface area contributed by atoms with E-state index in [9.17, 15) is 18.8 Å². The van der Waals surface area contributed by atoms with Gasteiger partial charge in [0.05, 0.1) is 6.42 Å². The van der Waals surface area contributed by atoms with Crippen molar-refractivity contribution in [1.29, 1.82) is 0 Å². The largest absolute Gasteiger partial charge is 0.481 e. The third-order valence-electron chi connectivity index (χ3n) is 4.29. The first-order valence-corrected chi connectivity index (χ1v) is 8.00. The molecule has 6 nitrogen and oxygen atoms in total. The quantitative estimate of drug-likeness (QED) is 0.776. The molecule has 1 amide bonds. The summed E-state index contributed by atoms with van der Waals surface area (Å²) in [5.74, 6) is -1.59. The minimum atomic E-state index is -1.93. The van der Waals surface area contributed by atoms with Crippen LogP contribution in [0.15, 0.2) is 48.5 Å². The number of ether oxygens (including phenoxy) is 1. The van der Waals surface area contributed by atoms with Gasteiger partial charge in [-0.25, -0.2) is 4.79 Å². The van der Waals surface area contributed by atoms with Crippen LogP contribution in [0.1, 0.15) is 23.5 Å². The zero-order valence-corrected chi connectivity index (χ0v) is 13.6. The molecule has 1 atom stereocenters. The number of rotatable bonds is 6. The lowest BCUT2D eigenvalue weighted by Crippen LogP contribution is -2.41. The summed E-state index contributed by atoms with van der Waals surface area (Å²) < 4.78 is 18.0. The van der Waals surface area contributed by atoms with Crippen LogP contribution in [0.25, 0.3) is 11.1 Å². The van der Waals surface area contributed by atoms with Gasteiger partial charge in [0.25, 0.3) is 0 Å². The Morgan fingerprint density at radius 3 is 2.08 bits per heavy atom. The summed E-state index contributed by atoms with van der Waals surface area (Å²) in [4.78, 5) is 33.3. The molecular weight excluding hydrogens is 341 g/mol. The molecule has 0 saturated heterocycles. The van der Waals surface area contributed by atoms with Crippen LogP contribution in [-0.2, 0) is 14.3 Å². The summed E-state index contributed by atoms with van der Waals surface area (Å²) >= 11 is 0. The molecule has 0 aromatic heterocycles. The van der Waals surface area contributed by atoms with Crippen molar-refractivity contribution in [2.75, 3.05) is 6.61 Å². The standard InChI is InChI=1S/C19H16FNO5/c20-18(24)16(9-17(22)23)21-19(25)26-10-15-13-7-3-1-5-11(13)12-6-2-4-8-14(12)15/h1-8,15-16H,9-10H2,(H,21,25)(H,22,23)/t16-/m0/s1. The van der Waals surface area contributed by atoms with Gasteiger partial charge in [0, 0.05) is 5.92 Å². The summed E-state index contributed by atoms with van der Waals surface area (Å²) in [7, 11) is 0. The van der Waals surface area contributed by atoms with E-state index in [2.05, 4.69) is 0 Å². The van der Waals surface area contributed by atoms with E-state index < -0.39 is 30.6 Å². The molecule has 0 radical (unpaired) electrons. The molecule has 2 N–H and O–H groups in total. The smallest absolute Gasteiger partial charge is 0.407 e. The number of carboxylic acid groups (broad SMARTS) is 1. The Labute approximate surface area is 148 Å². The maximum absolute atomic E-state index is 12.8. The molecule has 0 fully saturated rings. The highest BCUT2D eigenvalue weighted by atomic mass is 19.1. The number of aliphatic carboxylic acids is 1. The van der Waals surface area contributed by atoms with Gasteiger partial charge in [0.15, 0.2) is 0 Å². The third kappa shape index (κ3) is 3.56. The lowest BCUT2D eigenvalue weighted by Gasteiger charge is -2.16. The maximum atomic E-state index is 12.8. The molecule has 1 aliphatic carbocycles. The van der Waals surface area contributed by atoms with Crippen LogP contribution in [0.3, 0.4) is 0 Å². The number of alkyl carbamates (subject to hydrolysis) is 1. The Morgan fingerprint density at radius 1 is 1.04 bits per heavy atom. The zero-order chi connectivity index (χ0) is 18.7. The number of halogens is 1. The minimum absolute atomic E-state index is 0.0138. The van der Waals surface area contributed by atoms with Crippen molar-refractivity contribution in [3.05, 3.63) is 59.7 Å². The summed E-state index contributed by atoms with van der Waals surface area (Å²) in [5.41, 5.74) is 4.12. The van der Waals surface area contributed by atoms with Gasteiger partial charge >= 0.3 is 18.1 Å². The number of hydrogen-bond donors (Lipinski definition) is 2. The monoisotopic (exact) mass is 357 g/mol. The maximum Gasteiger partial charge on any atom is 0.407 e. The molecule has 0 unspecified atom stereocenters. The Kier molecular flexibility index (Phi) is 4.97. The molecule has 3 rings (SSSR count). The first kappa shape index (κ1) is 17.6. The second-order valence-electron chi connectivity index (χ2n) is 5.92. The first-order chi connectivity index (χ1) is 12.5. The molecule has 0 bridgehead atoms. The van der Waals surface area contributed by atoms with E-state index in [1.807, 2.05) is 53.8 Å². The predicted octanol–water partition coefficient (Wildman–Crippen LogP) is 2.86. The van der Waals surface area contributed by atoms with Gasteiger partial charge in [-0.1, -0.05) is 48.5 Å². The van der Waals surface area contributed by atoms with Gasteiger partial charge < -0.3 is 15.2 Å². The Hall–Kier alpha value is -3.22. The number of amides is 1. The molecule has 0 spiro atoms. The number of nitrogens with one attached hydrogen (secondary N) is 1. The fourth-order valence-corrected chi connectivity index (χ4v) is 3.14. The minimum Gasteiger partial charge on any atom is -0.481 e. The van der Waals surface area contributed by atoms with Crippen LogP contribution in [0.5, 0.6) is 0 Å². The number of carbonyl (C=O) groups excluding carboxylic acids is 2. The average Bonchev–Trinajstić information content (AvgIpc) is 2.93. The summed E-state index contributed by atoms with van der Waals surface area (Å²) in [6, 6.07) is 11.8. The lowest BCUT2D eigenvalue weighted by molar-refractivity contribution is -0.142. The average molecular weight is 357 g/mol. The van der Waals surface area contributed by atoms with Crippen molar-refractivity contribution in [2.24, 2.45) is 0 Å². The van der Waals surface area contributed by atoms with E-state index in [0.29, 0.717) is 0 Å². The van der Waals surface area contributed by atoms with Crippen LogP contribution >= 0.6 is 0 Å². The van der Waals surface area contributed by atoms with E-state index >= 15 is 0 Å². The van der Waals surface area contributed by atoms with E-state index in [1.165, 1.54) is 0 Å². The molecule has 7 heteroatoms. The van der Waals surface area contributed by atoms with E-state index in [4.69, 9.17) is 9.84 Å². The summed E-state index contributed by atoms with van der Waals surface area (Å²) in [5, 5.41) is 10.6. The molecule has 134 valence electrons. The van der Waals surface area contributed by atoms with Gasteiger partial charge in [0.2, 0.25) is 0 Å². The Bertz CT molecular complexity index is 821. The van der Waals surface area contributed by atoms with Crippen molar-refractivity contribution in [3.63, 3.8) is 0 Å². The fourth-order valence-electron chi connectivity index (χ4n) is 3.14. The van der Waals surface area contributed by atoms with Crippen molar-refractivity contribution < 1.29 is 28.6 Å². The highest BCUT2D eigenvalue weighted by Crippen LogP contribution is 2.44. The number of carboxylic acids is 1. The van der Waals surface area contributed by atoms with Crippen molar-refractivity contribution in [2.45, 2.75) is 18.4 Å². The van der Waals surface area contributed by atoms with Crippen molar-refractivity contribution in [1.82, 2.24) is 5.32 Å². The topological polar surface area (TPSA) is 92.7 Å². The molecule has 2 aromatic carbocycles. The lowest BCUT2D eigenvalue weighted by atomic mass is 9.98. The Balaban J connectivity index is 1.71. The van der Waals surface area contributed by atoms with Crippen LogP contribution in [-0.4, -0.2) is 35.9 Å². The molecule has 0 heterocycles. The third-order valence-corrected chi connectivity index (χ3v) is 4.29. The number of fused-ring (bicyclic) bond motifs is 3. The number of benzene rings is 2. The SMILES string of the molecule is O=C(O)C[C@H](NC(=O)OCC1c2ccccc2-c2ccccc21)C(=O)F. The van der Waals surface area contributed by atoms with Crippen molar-refractivity contribution >= 4 is 18.1 Å². The highest BCUT2D eigenvalue weighted by molar-refractivity contribution is 5.85. The van der Waals surface area contributed by atoms with Crippen LogP contribution in [0, 0.1) is 0 Å². The summed E-state index contributed by atoms with van der Waals surface area (Å²) in [6.07, 6.45) is -1.89. The Morgan fingerprint density at radius 2 is 1.58 bits per heavy atom. The molecule has 1 aliphatic rings. The van der Waals surface area contributed by atoms with Gasteiger partial charge in [-0.15, -0.1) is 0 Å². The number of carbonyl (C=O) groups is 3. The van der Waals surface area contributed by atoms with Crippen LogP contribution < -0.4 is 5.32 Å². The van der Waals surface area contributed by atoms with E-state index in [-0.39, 0.29) is 12.5 Å². The molecule has 0 aliphatic heterocycles. The zero-order valence-electron chi connectivity index (χ0n) is 13.6. The molecular formula is C19H16FNO5. The van der Waals surface area contributed by atoms with Crippen LogP contribution in [0.4, 0.5) is 9.18 Å². The van der Waals surface area contributed by atoms with Crippen molar-refractivity contribution in [3.8, 4) is 11.1 Å².